The van der Waals surface area contributed by atoms with E-state index in [9.17, 15) is 4.39 Å². The molecule has 98 valence electrons. The average molecular weight is 276 g/mol. The number of rotatable bonds is 3. The van der Waals surface area contributed by atoms with E-state index < -0.39 is 6.29 Å². The van der Waals surface area contributed by atoms with Gasteiger partial charge in [0.25, 0.3) is 0 Å². The Bertz CT molecular complexity index is 553. The lowest BCUT2D eigenvalue weighted by Crippen LogP contribution is -2.03. The van der Waals surface area contributed by atoms with Crippen LogP contribution < -0.4 is 0 Å². The predicted molar refractivity (Wildman–Crippen MR) is 71.6 cm³/mol. The van der Waals surface area contributed by atoms with Crippen LogP contribution in [0.5, 0.6) is 0 Å². The Morgan fingerprint density at radius 1 is 0.947 bits per heavy atom. The molecule has 1 saturated heterocycles. The highest BCUT2D eigenvalue weighted by Gasteiger charge is 2.25. The van der Waals surface area contributed by atoms with Crippen molar-refractivity contribution in [3.63, 3.8) is 0 Å². The Morgan fingerprint density at radius 2 is 1.68 bits per heavy atom. The van der Waals surface area contributed by atoms with E-state index in [-0.39, 0.29) is 5.82 Å². The van der Waals surface area contributed by atoms with Crippen LogP contribution in [-0.4, -0.2) is 13.2 Å². The lowest BCUT2D eigenvalue weighted by molar-refractivity contribution is -0.0484. The summed E-state index contributed by atoms with van der Waals surface area (Å²) in [5, 5.41) is 0. The van der Waals surface area contributed by atoms with Gasteiger partial charge in [0.15, 0.2) is 6.29 Å². The molecule has 3 rings (SSSR count). The zero-order valence-corrected chi connectivity index (χ0v) is 11.0. The minimum absolute atomic E-state index is 0.284. The largest absolute Gasteiger partial charge is 0.346 e. The van der Waals surface area contributed by atoms with Gasteiger partial charge in [-0.25, -0.2) is 4.39 Å². The Kier molecular flexibility index (Phi) is 3.82. The highest BCUT2D eigenvalue weighted by atomic mass is 32.2. The van der Waals surface area contributed by atoms with Crippen LogP contribution in [0.25, 0.3) is 0 Å². The van der Waals surface area contributed by atoms with Crippen LogP contribution in [0.15, 0.2) is 58.3 Å². The van der Waals surface area contributed by atoms with Crippen molar-refractivity contribution < 1.29 is 13.9 Å². The topological polar surface area (TPSA) is 18.5 Å². The quantitative estimate of drug-likeness (QED) is 0.843. The van der Waals surface area contributed by atoms with Gasteiger partial charge in [-0.2, -0.15) is 0 Å². The molecule has 0 N–H and O–H groups in total. The maximum atomic E-state index is 14.0. The number of halogens is 1. The van der Waals surface area contributed by atoms with Crippen molar-refractivity contribution in [2.75, 3.05) is 13.2 Å². The number of benzene rings is 2. The summed E-state index contributed by atoms with van der Waals surface area (Å²) in [6.45, 7) is 1.02. The number of hydrogen-bond donors (Lipinski definition) is 0. The van der Waals surface area contributed by atoms with Gasteiger partial charge in [-0.3, -0.25) is 0 Å². The van der Waals surface area contributed by atoms with Crippen molar-refractivity contribution in [3.05, 3.63) is 59.9 Å². The van der Waals surface area contributed by atoms with E-state index in [2.05, 4.69) is 0 Å². The SMILES string of the molecule is Fc1cccc(Sc2ccccc2)c1C1OCCO1. The predicted octanol–water partition coefficient (Wildman–Crippen LogP) is 4.02. The molecule has 2 nitrogen and oxygen atoms in total. The minimum Gasteiger partial charge on any atom is -0.346 e. The molecule has 2 aromatic carbocycles. The molecule has 0 aliphatic carbocycles. The summed E-state index contributed by atoms with van der Waals surface area (Å²) in [5.74, 6) is -0.284. The lowest BCUT2D eigenvalue weighted by Gasteiger charge is -2.15. The van der Waals surface area contributed by atoms with Crippen LogP contribution in [-0.2, 0) is 9.47 Å². The average Bonchev–Trinajstić information content (AvgIpc) is 2.94. The van der Waals surface area contributed by atoms with Gasteiger partial charge in [-0.05, 0) is 24.3 Å². The van der Waals surface area contributed by atoms with Gasteiger partial charge in [0.05, 0.1) is 18.8 Å². The molecule has 0 spiro atoms. The van der Waals surface area contributed by atoms with E-state index in [1.165, 1.54) is 17.8 Å². The third-order valence-electron chi connectivity index (χ3n) is 2.84. The molecule has 0 saturated carbocycles. The Balaban J connectivity index is 1.94. The van der Waals surface area contributed by atoms with Crippen molar-refractivity contribution in [3.8, 4) is 0 Å². The maximum absolute atomic E-state index is 14.0. The molecule has 1 aliphatic rings. The molecule has 0 radical (unpaired) electrons. The fourth-order valence-corrected chi connectivity index (χ4v) is 2.97. The summed E-state index contributed by atoms with van der Waals surface area (Å²) < 4.78 is 24.9. The molecule has 0 bridgehead atoms. The standard InChI is InChI=1S/C15H13FO2S/c16-12-7-4-8-13(14(12)15-17-9-10-18-15)19-11-5-2-1-3-6-11/h1-8,15H,9-10H2. The fraction of sp³-hybridized carbons (Fsp3) is 0.200. The van der Waals surface area contributed by atoms with Crippen LogP contribution in [0, 0.1) is 5.82 Å². The first-order valence-electron chi connectivity index (χ1n) is 6.09. The summed E-state index contributed by atoms with van der Waals surface area (Å²) in [6, 6.07) is 14.9. The molecule has 1 fully saturated rings. The van der Waals surface area contributed by atoms with Gasteiger partial charge in [0.2, 0.25) is 0 Å². The molecule has 0 atom stereocenters. The first kappa shape index (κ1) is 12.7. The molecular weight excluding hydrogens is 263 g/mol. The first-order valence-corrected chi connectivity index (χ1v) is 6.91. The van der Waals surface area contributed by atoms with Crippen molar-refractivity contribution in [2.45, 2.75) is 16.1 Å². The molecule has 0 aromatic heterocycles. The van der Waals surface area contributed by atoms with Crippen molar-refractivity contribution in [1.82, 2.24) is 0 Å². The third kappa shape index (κ3) is 2.81. The summed E-state index contributed by atoms with van der Waals surface area (Å²) >= 11 is 1.52. The Morgan fingerprint density at radius 3 is 2.42 bits per heavy atom. The molecule has 1 aliphatic heterocycles. The summed E-state index contributed by atoms with van der Waals surface area (Å²) in [6.07, 6.45) is -0.590. The Hall–Kier alpha value is -1.36. The molecule has 19 heavy (non-hydrogen) atoms. The highest BCUT2D eigenvalue weighted by molar-refractivity contribution is 7.99. The Labute approximate surface area is 115 Å². The van der Waals surface area contributed by atoms with E-state index in [0.29, 0.717) is 18.8 Å². The normalized spacial score (nSPS) is 15.8. The van der Waals surface area contributed by atoms with Crippen LogP contribution >= 0.6 is 11.8 Å². The van der Waals surface area contributed by atoms with E-state index in [1.54, 1.807) is 6.07 Å². The zero-order valence-electron chi connectivity index (χ0n) is 10.2. The van der Waals surface area contributed by atoms with Crippen molar-refractivity contribution in [2.24, 2.45) is 0 Å². The third-order valence-corrected chi connectivity index (χ3v) is 3.93. The smallest absolute Gasteiger partial charge is 0.187 e. The minimum atomic E-state index is -0.590. The van der Waals surface area contributed by atoms with E-state index in [4.69, 9.17) is 9.47 Å². The van der Waals surface area contributed by atoms with Crippen molar-refractivity contribution >= 4 is 11.8 Å². The zero-order chi connectivity index (χ0) is 13.1. The molecule has 2 aromatic rings. The second-order valence-corrected chi connectivity index (χ2v) is 5.26. The van der Waals surface area contributed by atoms with E-state index in [1.807, 2.05) is 36.4 Å². The number of hydrogen-bond acceptors (Lipinski definition) is 3. The van der Waals surface area contributed by atoms with Gasteiger partial charge in [0.1, 0.15) is 5.82 Å². The lowest BCUT2D eigenvalue weighted by atomic mass is 10.2. The first-order chi connectivity index (χ1) is 9.34. The van der Waals surface area contributed by atoms with Gasteiger partial charge in [-0.15, -0.1) is 0 Å². The molecule has 0 amide bonds. The van der Waals surface area contributed by atoms with Gasteiger partial charge < -0.3 is 9.47 Å². The summed E-state index contributed by atoms with van der Waals surface area (Å²) in [7, 11) is 0. The van der Waals surface area contributed by atoms with Gasteiger partial charge in [0, 0.05) is 9.79 Å². The van der Waals surface area contributed by atoms with E-state index >= 15 is 0 Å². The van der Waals surface area contributed by atoms with E-state index in [0.717, 1.165) is 9.79 Å². The summed E-state index contributed by atoms with van der Waals surface area (Å²) in [5.41, 5.74) is 0.494. The fourth-order valence-electron chi connectivity index (χ4n) is 1.98. The molecular formula is C15H13FO2S. The van der Waals surface area contributed by atoms with Gasteiger partial charge in [-0.1, -0.05) is 36.0 Å². The number of ether oxygens (including phenoxy) is 2. The van der Waals surface area contributed by atoms with Crippen LogP contribution in [0.2, 0.25) is 0 Å². The second kappa shape index (κ2) is 5.74. The maximum Gasteiger partial charge on any atom is 0.187 e. The highest BCUT2D eigenvalue weighted by Crippen LogP contribution is 2.37. The van der Waals surface area contributed by atoms with Crippen LogP contribution in [0.3, 0.4) is 0 Å². The second-order valence-electron chi connectivity index (χ2n) is 4.14. The summed E-state index contributed by atoms with van der Waals surface area (Å²) in [4.78, 5) is 1.89. The molecule has 0 unspecified atom stereocenters. The molecule has 1 heterocycles. The van der Waals surface area contributed by atoms with Crippen molar-refractivity contribution in [1.29, 1.82) is 0 Å². The van der Waals surface area contributed by atoms with Gasteiger partial charge >= 0.3 is 0 Å². The molecule has 4 heteroatoms. The van der Waals surface area contributed by atoms with Crippen LogP contribution in [0.1, 0.15) is 11.9 Å². The monoisotopic (exact) mass is 276 g/mol. The van der Waals surface area contributed by atoms with Crippen LogP contribution in [0.4, 0.5) is 4.39 Å².